The summed E-state index contributed by atoms with van der Waals surface area (Å²) < 4.78 is 4.01. The van der Waals surface area contributed by atoms with Crippen molar-refractivity contribution in [2.45, 2.75) is 34.2 Å². The van der Waals surface area contributed by atoms with E-state index < -0.39 is 0 Å². The first-order valence-electron chi connectivity index (χ1n) is 5.94. The van der Waals surface area contributed by atoms with E-state index in [9.17, 15) is 0 Å². The number of rotatable bonds is 7. The summed E-state index contributed by atoms with van der Waals surface area (Å²) in [6, 6.07) is 0. The first kappa shape index (κ1) is 13.4. The van der Waals surface area contributed by atoms with E-state index in [0.717, 1.165) is 36.9 Å². The molecule has 1 N–H and O–H groups in total. The summed E-state index contributed by atoms with van der Waals surface area (Å²) in [6.45, 7) is 12.8. The molecular formula is C11H22N4S. The van der Waals surface area contributed by atoms with E-state index in [1.807, 2.05) is 0 Å². The van der Waals surface area contributed by atoms with Gasteiger partial charge in [-0.05, 0) is 19.4 Å². The van der Waals surface area contributed by atoms with Crippen molar-refractivity contribution >= 4 is 16.5 Å². The largest absolute Gasteiger partial charge is 0.374 e. The number of hydrogen-bond acceptors (Lipinski definition) is 5. The van der Waals surface area contributed by atoms with E-state index in [2.05, 4.69) is 47.5 Å². The number of nitrogens with one attached hydrogen (secondary N) is 1. The van der Waals surface area contributed by atoms with Crippen LogP contribution in [0.4, 0.5) is 5.00 Å². The molecule has 0 atom stereocenters. The van der Waals surface area contributed by atoms with Gasteiger partial charge in [-0.15, -0.1) is 5.10 Å². The van der Waals surface area contributed by atoms with Crippen molar-refractivity contribution in [3.63, 3.8) is 0 Å². The molecule has 0 aromatic carbocycles. The van der Waals surface area contributed by atoms with Crippen LogP contribution in [0.5, 0.6) is 0 Å². The van der Waals surface area contributed by atoms with Gasteiger partial charge in [0.15, 0.2) is 0 Å². The highest BCUT2D eigenvalue weighted by Gasteiger charge is 2.12. The molecule has 0 saturated heterocycles. The second kappa shape index (κ2) is 6.81. The zero-order valence-corrected chi connectivity index (χ0v) is 11.5. The van der Waals surface area contributed by atoms with E-state index in [0.29, 0.717) is 5.92 Å². The van der Waals surface area contributed by atoms with Gasteiger partial charge in [-0.1, -0.05) is 25.3 Å². The maximum absolute atomic E-state index is 4.19. The van der Waals surface area contributed by atoms with E-state index in [4.69, 9.17) is 0 Å². The minimum absolute atomic E-state index is 0.689. The smallest absolute Gasteiger partial charge is 0.134 e. The Morgan fingerprint density at radius 3 is 2.69 bits per heavy atom. The van der Waals surface area contributed by atoms with Gasteiger partial charge in [-0.2, -0.15) is 0 Å². The van der Waals surface area contributed by atoms with Gasteiger partial charge in [0, 0.05) is 31.2 Å². The van der Waals surface area contributed by atoms with E-state index in [1.165, 1.54) is 11.5 Å². The summed E-state index contributed by atoms with van der Waals surface area (Å²) in [5.41, 5.74) is 1.08. The average molecular weight is 242 g/mol. The van der Waals surface area contributed by atoms with Crippen LogP contribution in [0.1, 0.15) is 33.4 Å². The normalized spacial score (nSPS) is 11.4. The Labute approximate surface area is 102 Å². The van der Waals surface area contributed by atoms with Crippen LogP contribution in [0.15, 0.2) is 0 Å². The Morgan fingerprint density at radius 1 is 1.38 bits per heavy atom. The van der Waals surface area contributed by atoms with Crippen LogP contribution in [-0.2, 0) is 6.54 Å². The monoisotopic (exact) mass is 242 g/mol. The lowest BCUT2D eigenvalue weighted by molar-refractivity contribution is 0.246. The number of anilines is 1. The topological polar surface area (TPSA) is 41.1 Å². The highest BCUT2D eigenvalue weighted by molar-refractivity contribution is 7.10. The summed E-state index contributed by atoms with van der Waals surface area (Å²) in [4.78, 5) is 2.41. The van der Waals surface area contributed by atoms with Gasteiger partial charge in [-0.3, -0.25) is 4.90 Å². The Bertz CT molecular complexity index is 298. The predicted molar refractivity (Wildman–Crippen MR) is 69.9 cm³/mol. The minimum atomic E-state index is 0.689. The summed E-state index contributed by atoms with van der Waals surface area (Å²) >= 11 is 1.45. The molecule has 1 aromatic rings. The zero-order valence-electron chi connectivity index (χ0n) is 10.7. The fourth-order valence-corrected chi connectivity index (χ4v) is 2.28. The molecule has 4 nitrogen and oxygen atoms in total. The SMILES string of the molecule is CCNc1snnc1CN(CC)CC(C)C. The summed E-state index contributed by atoms with van der Waals surface area (Å²) in [7, 11) is 0. The first-order chi connectivity index (χ1) is 7.67. The van der Waals surface area contributed by atoms with Crippen molar-refractivity contribution in [2.75, 3.05) is 25.0 Å². The highest BCUT2D eigenvalue weighted by atomic mass is 32.1. The standard InChI is InChI=1S/C11H22N4S/c1-5-12-11-10(13-14-16-11)8-15(6-2)7-9(3)4/h9,12H,5-8H2,1-4H3. The minimum Gasteiger partial charge on any atom is -0.374 e. The molecule has 0 bridgehead atoms. The Hall–Kier alpha value is -0.680. The van der Waals surface area contributed by atoms with Crippen LogP contribution < -0.4 is 5.32 Å². The van der Waals surface area contributed by atoms with Crippen molar-refractivity contribution in [1.29, 1.82) is 0 Å². The molecule has 0 saturated carbocycles. The molecule has 5 heteroatoms. The van der Waals surface area contributed by atoms with E-state index >= 15 is 0 Å². The number of aromatic nitrogens is 2. The quantitative estimate of drug-likeness (QED) is 0.797. The fraction of sp³-hybridized carbons (Fsp3) is 0.818. The molecule has 0 radical (unpaired) electrons. The molecule has 1 aromatic heterocycles. The van der Waals surface area contributed by atoms with Gasteiger partial charge >= 0.3 is 0 Å². The molecule has 0 aliphatic carbocycles. The Morgan fingerprint density at radius 2 is 2.12 bits per heavy atom. The molecule has 0 fully saturated rings. The lowest BCUT2D eigenvalue weighted by Crippen LogP contribution is -2.27. The van der Waals surface area contributed by atoms with E-state index in [1.54, 1.807) is 0 Å². The molecular weight excluding hydrogens is 220 g/mol. The maximum Gasteiger partial charge on any atom is 0.134 e. The van der Waals surface area contributed by atoms with Crippen molar-refractivity contribution in [3.8, 4) is 0 Å². The summed E-state index contributed by atoms with van der Waals surface area (Å²) in [6.07, 6.45) is 0. The second-order valence-corrected chi connectivity index (χ2v) is 5.05. The van der Waals surface area contributed by atoms with Crippen molar-refractivity contribution in [2.24, 2.45) is 5.92 Å². The van der Waals surface area contributed by atoms with Crippen LogP contribution >= 0.6 is 11.5 Å². The third-order valence-electron chi connectivity index (χ3n) is 2.34. The molecule has 92 valence electrons. The van der Waals surface area contributed by atoms with Crippen LogP contribution in [0.3, 0.4) is 0 Å². The number of hydrogen-bond donors (Lipinski definition) is 1. The lowest BCUT2D eigenvalue weighted by Gasteiger charge is -2.21. The second-order valence-electron chi connectivity index (χ2n) is 4.30. The molecule has 0 amide bonds. The van der Waals surface area contributed by atoms with Gasteiger partial charge in [0.05, 0.1) is 0 Å². The fourth-order valence-electron chi connectivity index (χ4n) is 1.64. The highest BCUT2D eigenvalue weighted by Crippen LogP contribution is 2.19. The molecule has 0 aliphatic heterocycles. The first-order valence-corrected chi connectivity index (χ1v) is 6.72. The third-order valence-corrected chi connectivity index (χ3v) is 3.06. The molecule has 1 rings (SSSR count). The van der Waals surface area contributed by atoms with Crippen LogP contribution in [0.2, 0.25) is 0 Å². The third kappa shape index (κ3) is 4.06. The lowest BCUT2D eigenvalue weighted by atomic mass is 10.2. The number of nitrogens with zero attached hydrogens (tertiary/aromatic N) is 3. The Kier molecular flexibility index (Phi) is 5.69. The van der Waals surface area contributed by atoms with Gasteiger partial charge < -0.3 is 5.32 Å². The van der Waals surface area contributed by atoms with Gasteiger partial charge in [0.2, 0.25) is 0 Å². The summed E-state index contributed by atoms with van der Waals surface area (Å²) in [5, 5.41) is 8.62. The summed E-state index contributed by atoms with van der Waals surface area (Å²) in [5.74, 6) is 0.689. The van der Waals surface area contributed by atoms with Crippen LogP contribution in [-0.4, -0.2) is 34.1 Å². The zero-order chi connectivity index (χ0) is 12.0. The average Bonchev–Trinajstić information content (AvgIpc) is 2.65. The molecule has 1 heterocycles. The molecule has 0 spiro atoms. The molecule has 0 unspecified atom stereocenters. The van der Waals surface area contributed by atoms with Gasteiger partial charge in [-0.25, -0.2) is 0 Å². The van der Waals surface area contributed by atoms with Crippen LogP contribution in [0.25, 0.3) is 0 Å². The maximum atomic E-state index is 4.19. The van der Waals surface area contributed by atoms with Gasteiger partial charge in [0.25, 0.3) is 0 Å². The van der Waals surface area contributed by atoms with Gasteiger partial charge in [0.1, 0.15) is 10.7 Å². The Balaban J connectivity index is 2.58. The van der Waals surface area contributed by atoms with Crippen molar-refractivity contribution < 1.29 is 0 Å². The predicted octanol–water partition coefficient (Wildman–Crippen LogP) is 2.45. The van der Waals surface area contributed by atoms with Crippen LogP contribution in [0, 0.1) is 5.92 Å². The van der Waals surface area contributed by atoms with Crippen molar-refractivity contribution in [3.05, 3.63) is 5.69 Å². The van der Waals surface area contributed by atoms with Crippen molar-refractivity contribution in [1.82, 2.24) is 14.5 Å². The molecule has 0 aliphatic rings. The van der Waals surface area contributed by atoms with E-state index in [-0.39, 0.29) is 0 Å². The molecule has 16 heavy (non-hydrogen) atoms.